The molecule has 0 radical (unpaired) electrons. The molecule has 1 N–H and O–H groups in total. The normalized spacial score (nSPS) is 23.1. The van der Waals surface area contributed by atoms with Crippen LogP contribution in [0.4, 0.5) is 10.4 Å². The fourth-order valence-corrected chi connectivity index (χ4v) is 1.93. The molecule has 0 saturated carbocycles. The molecule has 1 aliphatic rings. The number of hydrogen-bond acceptors (Lipinski definition) is 5. The van der Waals surface area contributed by atoms with E-state index in [0.29, 0.717) is 24.9 Å². The zero-order chi connectivity index (χ0) is 10.8. The molecule has 2 atom stereocenters. The predicted molar refractivity (Wildman–Crippen MR) is 68.1 cm³/mol. The van der Waals surface area contributed by atoms with Gasteiger partial charge in [-0.05, 0) is 7.05 Å². The van der Waals surface area contributed by atoms with Crippen LogP contribution in [0.2, 0.25) is 0 Å². The Balaban J connectivity index is 0.00000128. The largest absolute Gasteiger partial charge is 0.408 e. The lowest BCUT2D eigenvalue weighted by Crippen LogP contribution is -2.37. The summed E-state index contributed by atoms with van der Waals surface area (Å²) in [6, 6.07) is 0.526. The zero-order valence-corrected chi connectivity index (χ0v) is 11.4. The fraction of sp³-hybridized carbons (Fsp3) is 0.778. The van der Waals surface area contributed by atoms with Crippen LogP contribution >= 0.6 is 24.8 Å². The number of halogens is 3. The first-order valence-electron chi connectivity index (χ1n) is 5.06. The molecule has 17 heavy (non-hydrogen) atoms. The number of likely N-dealkylation sites (N-methyl/N-ethyl adjacent to an activating group) is 1. The summed E-state index contributed by atoms with van der Waals surface area (Å²) in [4.78, 5) is 1.83. The minimum atomic E-state index is -0.810. The highest BCUT2D eigenvalue weighted by Crippen LogP contribution is 2.25. The van der Waals surface area contributed by atoms with E-state index in [1.807, 2.05) is 11.9 Å². The van der Waals surface area contributed by atoms with Gasteiger partial charge in [0, 0.05) is 25.9 Å². The van der Waals surface area contributed by atoms with Crippen LogP contribution in [-0.4, -0.2) is 42.5 Å². The fourth-order valence-electron chi connectivity index (χ4n) is 1.93. The summed E-state index contributed by atoms with van der Waals surface area (Å²) in [5, 5.41) is 10.7. The molecule has 100 valence electrons. The van der Waals surface area contributed by atoms with Crippen LogP contribution in [-0.2, 0) is 0 Å². The van der Waals surface area contributed by atoms with E-state index in [0.717, 1.165) is 6.54 Å². The monoisotopic (exact) mass is 286 g/mol. The second-order valence-corrected chi connectivity index (χ2v) is 3.80. The summed E-state index contributed by atoms with van der Waals surface area (Å²) in [6.07, 6.45) is -0.294. The molecule has 2 unspecified atom stereocenters. The van der Waals surface area contributed by atoms with Crippen LogP contribution in [0.5, 0.6) is 0 Å². The molecule has 1 aromatic heterocycles. The third-order valence-electron chi connectivity index (χ3n) is 2.56. The molecule has 1 aromatic rings. The maximum absolute atomic E-state index is 13.3. The molecule has 2 heterocycles. The molecule has 8 heteroatoms. The quantitative estimate of drug-likeness (QED) is 0.909. The van der Waals surface area contributed by atoms with Gasteiger partial charge < -0.3 is 14.6 Å². The third-order valence-corrected chi connectivity index (χ3v) is 2.56. The lowest BCUT2D eigenvalue weighted by molar-refractivity contribution is 0.355. The number of alkyl halides is 1. The first-order chi connectivity index (χ1) is 7.20. The molecule has 1 saturated heterocycles. The Morgan fingerprint density at radius 1 is 1.47 bits per heavy atom. The highest BCUT2D eigenvalue weighted by molar-refractivity contribution is 5.85. The maximum Gasteiger partial charge on any atom is 0.318 e. The molecule has 0 bridgehead atoms. The van der Waals surface area contributed by atoms with Gasteiger partial charge in [0.05, 0.1) is 6.54 Å². The second-order valence-electron chi connectivity index (χ2n) is 3.80. The van der Waals surface area contributed by atoms with Crippen LogP contribution in [0.25, 0.3) is 0 Å². The van der Waals surface area contributed by atoms with E-state index < -0.39 is 6.17 Å². The Hall–Kier alpha value is -0.590. The molecule has 0 spiro atoms. The lowest BCUT2D eigenvalue weighted by atomic mass is 10.2. The van der Waals surface area contributed by atoms with Gasteiger partial charge in [0.2, 0.25) is 5.89 Å². The van der Waals surface area contributed by atoms with E-state index in [1.54, 1.807) is 6.92 Å². The summed E-state index contributed by atoms with van der Waals surface area (Å²) in [6.45, 7) is 2.79. The first-order valence-corrected chi connectivity index (χ1v) is 5.06. The Labute approximate surface area is 112 Å². The average Bonchev–Trinajstić information content (AvgIpc) is 2.73. The Morgan fingerprint density at radius 2 is 2.18 bits per heavy atom. The number of anilines is 1. The van der Waals surface area contributed by atoms with Crippen molar-refractivity contribution < 1.29 is 8.81 Å². The Morgan fingerprint density at radius 3 is 2.71 bits per heavy atom. The minimum Gasteiger partial charge on any atom is -0.408 e. The number of aromatic nitrogens is 2. The van der Waals surface area contributed by atoms with Gasteiger partial charge in [-0.2, -0.15) is 0 Å². The number of nitrogens with one attached hydrogen (secondary N) is 1. The Bertz CT molecular complexity index is 339. The van der Waals surface area contributed by atoms with Gasteiger partial charge in [0.25, 0.3) is 0 Å². The summed E-state index contributed by atoms with van der Waals surface area (Å²) in [5.41, 5.74) is 0. The van der Waals surface area contributed by atoms with Crippen LogP contribution in [0.1, 0.15) is 12.3 Å². The van der Waals surface area contributed by atoms with Gasteiger partial charge in [-0.3, -0.25) is 0 Å². The van der Waals surface area contributed by atoms with E-state index in [2.05, 4.69) is 15.5 Å². The summed E-state index contributed by atoms with van der Waals surface area (Å²) < 4.78 is 18.6. The summed E-state index contributed by atoms with van der Waals surface area (Å²) in [5.74, 6) is 0.510. The highest BCUT2D eigenvalue weighted by Gasteiger charge is 2.34. The van der Waals surface area contributed by atoms with E-state index in [-0.39, 0.29) is 30.9 Å². The number of rotatable bonds is 3. The average molecular weight is 287 g/mol. The molecule has 1 aliphatic heterocycles. The zero-order valence-electron chi connectivity index (χ0n) is 9.72. The van der Waals surface area contributed by atoms with Crippen molar-refractivity contribution in [3.8, 4) is 0 Å². The van der Waals surface area contributed by atoms with Crippen molar-refractivity contribution >= 4 is 30.8 Å². The van der Waals surface area contributed by atoms with Crippen LogP contribution < -0.4 is 10.2 Å². The molecular weight excluding hydrogens is 270 g/mol. The van der Waals surface area contributed by atoms with E-state index >= 15 is 0 Å². The molecule has 2 rings (SSSR count). The van der Waals surface area contributed by atoms with Crippen molar-refractivity contribution in [2.24, 2.45) is 0 Å². The molecule has 0 aromatic carbocycles. The topological polar surface area (TPSA) is 54.2 Å². The molecular formula is C9H17Cl2FN4O. The highest BCUT2D eigenvalue weighted by atomic mass is 35.5. The van der Waals surface area contributed by atoms with Crippen molar-refractivity contribution in [1.29, 1.82) is 0 Å². The predicted octanol–water partition coefficient (Wildman–Crippen LogP) is 1.36. The molecule has 5 nitrogen and oxygen atoms in total. The van der Waals surface area contributed by atoms with Gasteiger partial charge >= 0.3 is 6.01 Å². The molecule has 0 amide bonds. The third kappa shape index (κ3) is 3.69. The van der Waals surface area contributed by atoms with Gasteiger partial charge in [0.1, 0.15) is 6.17 Å². The SMILES string of the molecule is CNCC1CC(F)CN1c1nnc(C)o1.Cl.Cl. The smallest absolute Gasteiger partial charge is 0.318 e. The van der Waals surface area contributed by atoms with Gasteiger partial charge in [-0.25, -0.2) is 4.39 Å². The van der Waals surface area contributed by atoms with Crippen LogP contribution in [0.15, 0.2) is 4.42 Å². The van der Waals surface area contributed by atoms with E-state index in [9.17, 15) is 4.39 Å². The standard InChI is InChI=1S/C9H15FN4O.2ClH/c1-6-12-13-9(15-6)14-5-7(10)3-8(14)4-11-2;;/h7-8,11H,3-5H2,1-2H3;2*1H. The Kier molecular flexibility index (Phi) is 6.74. The van der Waals surface area contributed by atoms with Crippen molar-refractivity contribution in [3.05, 3.63) is 5.89 Å². The summed E-state index contributed by atoms with van der Waals surface area (Å²) >= 11 is 0. The van der Waals surface area contributed by atoms with Crippen molar-refractivity contribution in [3.63, 3.8) is 0 Å². The maximum atomic E-state index is 13.3. The van der Waals surface area contributed by atoms with Gasteiger partial charge in [0.15, 0.2) is 0 Å². The van der Waals surface area contributed by atoms with Crippen molar-refractivity contribution in [2.45, 2.75) is 25.6 Å². The van der Waals surface area contributed by atoms with Gasteiger partial charge in [-0.15, -0.1) is 29.9 Å². The molecule has 0 aliphatic carbocycles. The van der Waals surface area contributed by atoms with Crippen LogP contribution in [0.3, 0.4) is 0 Å². The summed E-state index contributed by atoms with van der Waals surface area (Å²) in [7, 11) is 1.85. The van der Waals surface area contributed by atoms with E-state index in [4.69, 9.17) is 4.42 Å². The minimum absolute atomic E-state index is 0. The van der Waals surface area contributed by atoms with Crippen molar-refractivity contribution in [1.82, 2.24) is 15.5 Å². The number of aryl methyl sites for hydroxylation is 1. The molecule has 1 fully saturated rings. The number of hydrogen-bond donors (Lipinski definition) is 1. The number of nitrogens with zero attached hydrogens (tertiary/aromatic N) is 3. The second kappa shape index (κ2) is 6.98. The van der Waals surface area contributed by atoms with Crippen molar-refractivity contribution in [2.75, 3.05) is 25.0 Å². The van der Waals surface area contributed by atoms with Crippen LogP contribution in [0, 0.1) is 6.92 Å². The van der Waals surface area contributed by atoms with Gasteiger partial charge in [-0.1, -0.05) is 5.10 Å². The van der Waals surface area contributed by atoms with E-state index in [1.165, 1.54) is 0 Å². The first kappa shape index (κ1) is 16.4. The lowest BCUT2D eigenvalue weighted by Gasteiger charge is -2.21.